The van der Waals surface area contributed by atoms with Crippen LogP contribution in [0.2, 0.25) is 0 Å². The van der Waals surface area contributed by atoms with Crippen molar-refractivity contribution in [3.05, 3.63) is 72.2 Å². The summed E-state index contributed by atoms with van der Waals surface area (Å²) in [6, 6.07) is 7.63. The van der Waals surface area contributed by atoms with Crippen LogP contribution in [0.3, 0.4) is 0 Å². The number of fused-ring (bicyclic) bond motifs is 2. The lowest BCUT2D eigenvalue weighted by molar-refractivity contribution is -0.141. The normalized spacial score (nSPS) is 25.0. The third-order valence-corrected chi connectivity index (χ3v) is 12.6. The number of hydrogen-bond donors (Lipinski definition) is 3. The van der Waals surface area contributed by atoms with Gasteiger partial charge in [0.2, 0.25) is 11.8 Å². The predicted molar refractivity (Wildman–Crippen MR) is 204 cm³/mol. The summed E-state index contributed by atoms with van der Waals surface area (Å²) >= 11 is 1.39. The standard InChI is InChI=1S/C37H43N9O8S2/c1-44(2)56(51,52)43-36(50)37-21-24(37)10-7-5-4-6-8-11-27(39-33(48)29-12-9-18-54-29)35(49)45-22-25(20-28(45)32(47)40-37)46-41-30(23-13-15-26(53-3)16-14-23)31(42-46)34-38-17-19-55-34/h7,9-10,12-19,24-25,27-28H,4-6,8,11,20-22H2,1-3H3,(H,39,48)(H,40,47)(H,43,50)/b10-7+/t24-,25-,27-,28+,37-/m1/s1. The van der Waals surface area contributed by atoms with E-state index in [4.69, 9.17) is 19.4 Å². The smallest absolute Gasteiger partial charge is 0.303 e. The van der Waals surface area contributed by atoms with Gasteiger partial charge in [0, 0.05) is 50.1 Å². The van der Waals surface area contributed by atoms with Gasteiger partial charge in [-0.3, -0.25) is 19.2 Å². The molecule has 2 aliphatic heterocycles. The van der Waals surface area contributed by atoms with Crippen LogP contribution in [0.5, 0.6) is 5.75 Å². The molecule has 1 aromatic carbocycles. The number of benzene rings is 1. The Kier molecular flexibility index (Phi) is 11.1. The van der Waals surface area contributed by atoms with E-state index in [9.17, 15) is 27.6 Å². The number of ether oxygens (including phenoxy) is 1. The molecule has 1 saturated carbocycles. The van der Waals surface area contributed by atoms with Crippen molar-refractivity contribution in [2.75, 3.05) is 27.7 Å². The third kappa shape index (κ3) is 7.96. The maximum absolute atomic E-state index is 14.7. The van der Waals surface area contributed by atoms with Crippen molar-refractivity contribution in [1.29, 1.82) is 0 Å². The van der Waals surface area contributed by atoms with Crippen LogP contribution in [0.4, 0.5) is 0 Å². The maximum Gasteiger partial charge on any atom is 0.303 e. The number of hydrogen-bond acceptors (Lipinski definition) is 12. The molecule has 4 aromatic rings. The van der Waals surface area contributed by atoms with Gasteiger partial charge in [0.1, 0.15) is 39.8 Å². The Morgan fingerprint density at radius 3 is 2.57 bits per heavy atom. The first-order valence-electron chi connectivity index (χ1n) is 18.3. The first kappa shape index (κ1) is 38.9. The molecule has 1 aliphatic carbocycles. The van der Waals surface area contributed by atoms with Crippen LogP contribution in [0.1, 0.15) is 61.5 Å². The maximum atomic E-state index is 14.7. The van der Waals surface area contributed by atoms with Gasteiger partial charge in [0.15, 0.2) is 5.76 Å². The van der Waals surface area contributed by atoms with E-state index in [-0.39, 0.29) is 25.1 Å². The second-order valence-electron chi connectivity index (χ2n) is 14.2. The molecule has 56 heavy (non-hydrogen) atoms. The molecule has 4 amide bonds. The molecular formula is C37H43N9O8S2. The van der Waals surface area contributed by atoms with E-state index >= 15 is 0 Å². The Balaban J connectivity index is 1.25. The molecule has 0 radical (unpaired) electrons. The highest BCUT2D eigenvalue weighted by atomic mass is 32.2. The monoisotopic (exact) mass is 805 g/mol. The van der Waals surface area contributed by atoms with Gasteiger partial charge in [0.05, 0.1) is 19.4 Å². The number of thiazole rings is 1. The second kappa shape index (κ2) is 16.0. The van der Waals surface area contributed by atoms with E-state index in [2.05, 4.69) is 20.3 Å². The largest absolute Gasteiger partial charge is 0.497 e. The molecule has 296 valence electrons. The van der Waals surface area contributed by atoms with Crippen LogP contribution in [0.15, 0.2) is 70.8 Å². The van der Waals surface area contributed by atoms with Crippen LogP contribution in [-0.4, -0.2) is 107 Å². The van der Waals surface area contributed by atoms with E-state index in [1.807, 2.05) is 41.8 Å². The number of nitrogens with one attached hydrogen (secondary N) is 3. The number of nitrogens with zero attached hydrogens (tertiary/aromatic N) is 6. The van der Waals surface area contributed by atoms with Crippen LogP contribution in [-0.2, 0) is 24.6 Å². The molecule has 3 aliphatic rings. The Bertz CT molecular complexity index is 2200. The molecule has 5 atom stereocenters. The summed E-state index contributed by atoms with van der Waals surface area (Å²) in [6.07, 6.45) is 10.1. The Labute approximate surface area is 327 Å². The van der Waals surface area contributed by atoms with Gasteiger partial charge >= 0.3 is 10.2 Å². The summed E-state index contributed by atoms with van der Waals surface area (Å²) in [7, 11) is -0.0236. The zero-order chi connectivity index (χ0) is 39.6. The van der Waals surface area contributed by atoms with Crippen LogP contribution in [0, 0.1) is 5.92 Å². The Hall–Kier alpha value is -5.40. The highest BCUT2D eigenvalue weighted by Crippen LogP contribution is 2.46. The fraction of sp³-hybridized carbons (Fsp3) is 0.432. The molecular weight excluding hydrogens is 763 g/mol. The highest BCUT2D eigenvalue weighted by molar-refractivity contribution is 7.87. The van der Waals surface area contributed by atoms with Gasteiger partial charge in [0.25, 0.3) is 11.8 Å². The van der Waals surface area contributed by atoms with Gasteiger partial charge < -0.3 is 24.7 Å². The molecule has 0 unspecified atom stereocenters. The first-order valence-corrected chi connectivity index (χ1v) is 20.6. The summed E-state index contributed by atoms with van der Waals surface area (Å²) in [4.78, 5) is 63.5. The molecule has 5 heterocycles. The average Bonchev–Trinajstić information content (AvgIpc) is 3.84. The third-order valence-electron chi connectivity index (χ3n) is 10.4. The minimum atomic E-state index is -4.18. The summed E-state index contributed by atoms with van der Waals surface area (Å²) in [5, 5.41) is 17.9. The molecule has 3 N–H and O–H groups in total. The van der Waals surface area contributed by atoms with Crippen molar-refractivity contribution < 1.29 is 36.7 Å². The van der Waals surface area contributed by atoms with Gasteiger partial charge in [-0.15, -0.1) is 16.4 Å². The zero-order valence-electron chi connectivity index (χ0n) is 31.1. The summed E-state index contributed by atoms with van der Waals surface area (Å²) in [6.45, 7) is -0.00434. The topological polar surface area (TPSA) is 211 Å². The van der Waals surface area contributed by atoms with Gasteiger partial charge in [-0.2, -0.15) is 22.6 Å². The lowest BCUT2D eigenvalue weighted by Crippen LogP contribution is -2.58. The first-order chi connectivity index (χ1) is 26.9. The number of allylic oxidation sites excluding steroid dienone is 1. The van der Waals surface area contributed by atoms with E-state index in [0.29, 0.717) is 41.4 Å². The number of amides is 4. The number of rotatable bonds is 9. The quantitative estimate of drug-likeness (QED) is 0.210. The van der Waals surface area contributed by atoms with Crippen molar-refractivity contribution >= 4 is 45.2 Å². The molecule has 2 fully saturated rings. The van der Waals surface area contributed by atoms with Gasteiger partial charge in [-0.1, -0.05) is 25.0 Å². The summed E-state index contributed by atoms with van der Waals surface area (Å²) in [5.41, 5.74) is 0.231. The number of carbonyl (C=O) groups excluding carboxylic acids is 4. The SMILES string of the molecule is COc1ccc(-c2nn([C@@H]3C[C@H]4C(=O)N[C@]5(C(=O)NS(=O)(=O)N(C)C)C[C@H]5/C=C/CCCCC[C@@H](NC(=O)c5ccco5)C(=O)N4C3)nc2-c2nccs2)cc1. The molecule has 19 heteroatoms. The number of aromatic nitrogens is 4. The highest BCUT2D eigenvalue weighted by Gasteiger charge is 2.61. The Morgan fingerprint density at radius 1 is 1.09 bits per heavy atom. The molecule has 0 bridgehead atoms. The molecule has 17 nitrogen and oxygen atoms in total. The molecule has 0 spiro atoms. The summed E-state index contributed by atoms with van der Waals surface area (Å²) in [5.74, 6) is -2.37. The minimum Gasteiger partial charge on any atom is -0.497 e. The average molecular weight is 806 g/mol. The predicted octanol–water partition coefficient (Wildman–Crippen LogP) is 2.93. The lowest BCUT2D eigenvalue weighted by atomic mass is 10.0. The summed E-state index contributed by atoms with van der Waals surface area (Å²) < 4.78 is 39.1. The lowest BCUT2D eigenvalue weighted by Gasteiger charge is -2.30. The number of carbonyl (C=O) groups is 4. The van der Waals surface area contributed by atoms with Crippen LogP contribution < -0.4 is 20.1 Å². The Morgan fingerprint density at radius 2 is 1.88 bits per heavy atom. The molecule has 1 saturated heterocycles. The van der Waals surface area contributed by atoms with Crippen molar-refractivity contribution in [3.8, 4) is 27.7 Å². The van der Waals surface area contributed by atoms with E-state index in [0.717, 1.165) is 22.7 Å². The number of furan rings is 1. The van der Waals surface area contributed by atoms with Crippen molar-refractivity contribution in [2.45, 2.75) is 68.6 Å². The van der Waals surface area contributed by atoms with Gasteiger partial charge in [-0.05, 0) is 62.1 Å². The fourth-order valence-corrected chi connectivity index (χ4v) is 8.33. The molecule has 7 rings (SSSR count). The van der Waals surface area contributed by atoms with E-state index in [1.54, 1.807) is 19.4 Å². The second-order valence-corrected chi connectivity index (χ2v) is 17.0. The fourth-order valence-electron chi connectivity index (χ4n) is 7.11. The molecule has 3 aromatic heterocycles. The van der Waals surface area contributed by atoms with E-state index in [1.165, 1.54) is 47.5 Å². The number of methoxy groups -OCH3 is 1. The van der Waals surface area contributed by atoms with Crippen molar-refractivity contribution in [2.24, 2.45) is 5.92 Å². The van der Waals surface area contributed by atoms with Crippen molar-refractivity contribution in [3.63, 3.8) is 0 Å². The van der Waals surface area contributed by atoms with E-state index < -0.39 is 63.4 Å². The van der Waals surface area contributed by atoms with Crippen LogP contribution in [0.25, 0.3) is 22.0 Å². The van der Waals surface area contributed by atoms with Gasteiger partial charge in [-0.25, -0.2) is 9.71 Å². The zero-order valence-corrected chi connectivity index (χ0v) is 32.7. The van der Waals surface area contributed by atoms with Crippen molar-refractivity contribution in [1.82, 2.24) is 44.5 Å². The minimum absolute atomic E-state index is 0.00434. The van der Waals surface area contributed by atoms with Crippen LogP contribution >= 0.6 is 11.3 Å².